The Morgan fingerprint density at radius 1 is 1.35 bits per heavy atom. The summed E-state index contributed by atoms with van der Waals surface area (Å²) >= 11 is 1.39. The van der Waals surface area contributed by atoms with Gasteiger partial charge in [0.25, 0.3) is 5.91 Å². The molecule has 2 aromatic heterocycles. The molecule has 1 aromatic carbocycles. The number of carbonyl (C=O) groups excluding carboxylic acids is 1. The normalized spacial score (nSPS) is 11.2. The topological polar surface area (TPSA) is 83.6 Å². The van der Waals surface area contributed by atoms with Gasteiger partial charge in [-0.2, -0.15) is 0 Å². The second-order valence-electron chi connectivity index (χ2n) is 4.69. The van der Waals surface area contributed by atoms with Crippen LogP contribution in [0.3, 0.4) is 0 Å². The van der Waals surface area contributed by atoms with E-state index in [-0.39, 0.29) is 5.91 Å². The molecule has 0 atom stereocenters. The minimum absolute atomic E-state index is 0.201. The molecule has 1 amide bonds. The van der Waals surface area contributed by atoms with Crippen LogP contribution in [-0.2, 0) is 0 Å². The number of amides is 1. The molecular formula is C13H13N5OS. The average Bonchev–Trinajstić information content (AvgIpc) is 3.05. The number of nitrogens with zero attached hydrogens (tertiary/aromatic N) is 3. The Balaban J connectivity index is 1.80. The molecule has 2 heterocycles. The highest BCUT2D eigenvalue weighted by atomic mass is 32.1. The van der Waals surface area contributed by atoms with Crippen molar-refractivity contribution in [3.8, 4) is 0 Å². The van der Waals surface area contributed by atoms with Gasteiger partial charge in [0.05, 0.1) is 17.4 Å². The van der Waals surface area contributed by atoms with Crippen LogP contribution in [-0.4, -0.2) is 26.1 Å². The number of anilines is 1. The molecule has 6 nitrogen and oxygen atoms in total. The van der Waals surface area contributed by atoms with E-state index in [1.807, 2.05) is 13.8 Å². The molecule has 0 radical (unpaired) electrons. The number of aromatic nitrogens is 4. The molecule has 0 aliphatic rings. The lowest BCUT2D eigenvalue weighted by molar-refractivity contribution is 0.102. The molecular weight excluding hydrogens is 274 g/mol. The van der Waals surface area contributed by atoms with Crippen molar-refractivity contribution in [1.29, 1.82) is 0 Å². The highest BCUT2D eigenvalue weighted by molar-refractivity contribution is 7.15. The van der Waals surface area contributed by atoms with Gasteiger partial charge in [0.2, 0.25) is 5.13 Å². The maximum absolute atomic E-state index is 12.2. The van der Waals surface area contributed by atoms with E-state index in [9.17, 15) is 4.79 Å². The van der Waals surface area contributed by atoms with Gasteiger partial charge in [-0.15, -0.1) is 10.2 Å². The first-order valence-electron chi connectivity index (χ1n) is 6.21. The fourth-order valence-corrected chi connectivity index (χ4v) is 2.51. The molecule has 0 saturated heterocycles. The third-order valence-electron chi connectivity index (χ3n) is 2.84. The maximum atomic E-state index is 12.2. The Labute approximate surface area is 119 Å². The summed E-state index contributed by atoms with van der Waals surface area (Å²) in [6.45, 7) is 4.08. The molecule has 2 N–H and O–H groups in total. The summed E-state index contributed by atoms with van der Waals surface area (Å²) in [5.41, 5.74) is 2.22. The predicted molar refractivity (Wildman–Crippen MR) is 78.0 cm³/mol. The van der Waals surface area contributed by atoms with Crippen LogP contribution >= 0.6 is 11.3 Å². The molecule has 0 saturated carbocycles. The second kappa shape index (κ2) is 5.01. The number of aromatic amines is 1. The Kier molecular flexibility index (Phi) is 3.19. The highest BCUT2D eigenvalue weighted by Crippen LogP contribution is 2.23. The average molecular weight is 287 g/mol. The molecule has 0 spiro atoms. The first kappa shape index (κ1) is 12.7. The van der Waals surface area contributed by atoms with E-state index in [1.54, 1.807) is 24.5 Å². The molecule has 102 valence electrons. The van der Waals surface area contributed by atoms with Crippen molar-refractivity contribution in [1.82, 2.24) is 20.2 Å². The van der Waals surface area contributed by atoms with E-state index in [1.165, 1.54) is 11.3 Å². The van der Waals surface area contributed by atoms with Crippen molar-refractivity contribution < 1.29 is 4.79 Å². The molecule has 0 bridgehead atoms. The molecule has 7 heteroatoms. The van der Waals surface area contributed by atoms with Gasteiger partial charge in [0.1, 0.15) is 5.01 Å². The van der Waals surface area contributed by atoms with E-state index in [0.29, 0.717) is 16.6 Å². The largest absolute Gasteiger partial charge is 0.345 e. The molecule has 3 rings (SSSR count). The van der Waals surface area contributed by atoms with E-state index >= 15 is 0 Å². The zero-order valence-electron chi connectivity index (χ0n) is 11.0. The third-order valence-corrected chi connectivity index (χ3v) is 3.98. The lowest BCUT2D eigenvalue weighted by Crippen LogP contribution is -2.11. The van der Waals surface area contributed by atoms with Crippen LogP contribution in [0.1, 0.15) is 35.1 Å². The standard InChI is InChI=1S/C13H13N5OS/c1-7(2)12-17-18-13(20-12)16-11(19)8-3-4-9-10(5-8)15-6-14-9/h3-7H,1-2H3,(H,14,15)(H,16,18,19). The second-order valence-corrected chi connectivity index (χ2v) is 5.70. The maximum Gasteiger partial charge on any atom is 0.257 e. The third kappa shape index (κ3) is 2.39. The lowest BCUT2D eigenvalue weighted by Gasteiger charge is -2.01. The number of carbonyl (C=O) groups is 1. The number of imidazole rings is 1. The number of benzene rings is 1. The summed E-state index contributed by atoms with van der Waals surface area (Å²) in [6, 6.07) is 5.31. The van der Waals surface area contributed by atoms with Crippen LogP contribution in [0, 0.1) is 0 Å². The Morgan fingerprint density at radius 3 is 2.95 bits per heavy atom. The van der Waals surface area contributed by atoms with Crippen molar-refractivity contribution in [3.63, 3.8) is 0 Å². The Bertz CT molecular complexity index is 761. The summed E-state index contributed by atoms with van der Waals surface area (Å²) in [5.74, 6) is 0.104. The Morgan fingerprint density at radius 2 is 2.20 bits per heavy atom. The van der Waals surface area contributed by atoms with Crippen LogP contribution in [0.4, 0.5) is 5.13 Å². The number of fused-ring (bicyclic) bond motifs is 1. The van der Waals surface area contributed by atoms with Crippen LogP contribution in [0.15, 0.2) is 24.5 Å². The predicted octanol–water partition coefficient (Wildman–Crippen LogP) is 2.79. The Hall–Kier alpha value is -2.28. The fraction of sp³-hybridized carbons (Fsp3) is 0.231. The van der Waals surface area contributed by atoms with E-state index < -0.39 is 0 Å². The smallest absolute Gasteiger partial charge is 0.257 e. The van der Waals surface area contributed by atoms with Crippen LogP contribution in [0.2, 0.25) is 0 Å². The van der Waals surface area contributed by atoms with Gasteiger partial charge in [-0.05, 0) is 18.2 Å². The number of rotatable bonds is 3. The number of hydrogen-bond acceptors (Lipinski definition) is 5. The molecule has 20 heavy (non-hydrogen) atoms. The monoisotopic (exact) mass is 287 g/mol. The van der Waals surface area contributed by atoms with Crippen LogP contribution in [0.5, 0.6) is 0 Å². The molecule has 0 unspecified atom stereocenters. The number of nitrogens with one attached hydrogen (secondary N) is 2. The van der Waals surface area contributed by atoms with Gasteiger partial charge in [-0.3, -0.25) is 10.1 Å². The highest BCUT2D eigenvalue weighted by Gasteiger charge is 2.12. The minimum Gasteiger partial charge on any atom is -0.345 e. The van der Waals surface area contributed by atoms with Gasteiger partial charge < -0.3 is 4.98 Å². The molecule has 0 fully saturated rings. The van der Waals surface area contributed by atoms with Crippen LogP contribution < -0.4 is 5.32 Å². The van der Waals surface area contributed by atoms with E-state index in [4.69, 9.17) is 0 Å². The quantitative estimate of drug-likeness (QED) is 0.776. The van der Waals surface area contributed by atoms with Gasteiger partial charge in [-0.25, -0.2) is 4.98 Å². The van der Waals surface area contributed by atoms with Gasteiger partial charge >= 0.3 is 0 Å². The number of H-pyrrole nitrogens is 1. The molecule has 0 aliphatic carbocycles. The molecule has 3 aromatic rings. The summed E-state index contributed by atoms with van der Waals surface area (Å²) in [5, 5.41) is 12.2. The summed E-state index contributed by atoms with van der Waals surface area (Å²) in [6.07, 6.45) is 1.60. The fourth-order valence-electron chi connectivity index (χ4n) is 1.76. The summed E-state index contributed by atoms with van der Waals surface area (Å²) in [7, 11) is 0. The van der Waals surface area contributed by atoms with Crippen molar-refractivity contribution in [2.45, 2.75) is 19.8 Å². The van der Waals surface area contributed by atoms with Crippen molar-refractivity contribution in [2.75, 3.05) is 5.32 Å². The van der Waals surface area contributed by atoms with Gasteiger partial charge in [-0.1, -0.05) is 25.2 Å². The van der Waals surface area contributed by atoms with Crippen LogP contribution in [0.25, 0.3) is 11.0 Å². The first-order chi connectivity index (χ1) is 9.63. The summed E-state index contributed by atoms with van der Waals surface area (Å²) < 4.78 is 0. The van der Waals surface area contributed by atoms with Crippen molar-refractivity contribution in [3.05, 3.63) is 35.1 Å². The number of hydrogen-bond donors (Lipinski definition) is 2. The SMILES string of the molecule is CC(C)c1nnc(NC(=O)c2ccc3nc[nH]c3c2)s1. The van der Waals surface area contributed by atoms with Crippen molar-refractivity contribution in [2.24, 2.45) is 0 Å². The minimum atomic E-state index is -0.201. The first-order valence-corrected chi connectivity index (χ1v) is 7.03. The van der Waals surface area contributed by atoms with Crippen molar-refractivity contribution >= 4 is 33.4 Å². The zero-order chi connectivity index (χ0) is 14.1. The van der Waals surface area contributed by atoms with Gasteiger partial charge in [0.15, 0.2) is 0 Å². The van der Waals surface area contributed by atoms with E-state index in [2.05, 4.69) is 25.5 Å². The molecule has 0 aliphatic heterocycles. The van der Waals surface area contributed by atoms with Gasteiger partial charge in [0, 0.05) is 11.5 Å². The van der Waals surface area contributed by atoms with E-state index in [0.717, 1.165) is 16.0 Å². The lowest BCUT2D eigenvalue weighted by atomic mass is 10.2. The zero-order valence-corrected chi connectivity index (χ0v) is 11.9. The summed E-state index contributed by atoms with van der Waals surface area (Å²) in [4.78, 5) is 19.3.